The molecule has 0 spiro atoms. The largest absolute Gasteiger partial charge is 0.497 e. The van der Waals surface area contributed by atoms with Crippen molar-refractivity contribution in [2.45, 2.75) is 43.9 Å². The molecular weight excluding hydrogens is 482 g/mol. The number of carbonyl (C=O) groups excluding carboxylic acids is 1. The number of fused-ring (bicyclic) bond motifs is 2. The van der Waals surface area contributed by atoms with Crippen molar-refractivity contribution in [3.8, 4) is 11.5 Å². The number of halogens is 1. The van der Waals surface area contributed by atoms with E-state index in [1.807, 2.05) is 54.6 Å². The Balaban J connectivity index is 1.39. The summed E-state index contributed by atoms with van der Waals surface area (Å²) in [6.45, 7) is 0. The summed E-state index contributed by atoms with van der Waals surface area (Å²) >= 11 is 3.53. The van der Waals surface area contributed by atoms with Crippen molar-refractivity contribution in [2.75, 3.05) is 7.11 Å². The summed E-state index contributed by atoms with van der Waals surface area (Å²) in [5, 5.41) is 3.10. The van der Waals surface area contributed by atoms with Gasteiger partial charge >= 0.3 is 6.09 Å². The Morgan fingerprint density at radius 1 is 1.06 bits per heavy atom. The summed E-state index contributed by atoms with van der Waals surface area (Å²) in [6, 6.07) is 21.9. The number of benzene rings is 3. The van der Waals surface area contributed by atoms with E-state index in [9.17, 15) is 4.79 Å². The molecule has 1 N–H and O–H groups in total. The molecular formula is C27H26BrNO4. The van der Waals surface area contributed by atoms with Crippen LogP contribution < -0.4 is 14.8 Å². The van der Waals surface area contributed by atoms with Crippen LogP contribution >= 0.6 is 15.9 Å². The van der Waals surface area contributed by atoms with Crippen LogP contribution in [-0.4, -0.2) is 19.3 Å². The number of hydrogen-bond donors (Lipinski definition) is 1. The molecule has 1 heterocycles. The Hall–Kier alpha value is -2.99. The van der Waals surface area contributed by atoms with E-state index in [-0.39, 0.29) is 6.04 Å². The number of alkyl carbamates (subject to hydrolysis) is 1. The maximum Gasteiger partial charge on any atom is 0.408 e. The fourth-order valence-corrected chi connectivity index (χ4v) is 5.19. The maximum absolute atomic E-state index is 13.0. The first-order valence-electron chi connectivity index (χ1n) is 11.2. The lowest BCUT2D eigenvalue weighted by atomic mass is 9.88. The summed E-state index contributed by atoms with van der Waals surface area (Å²) in [7, 11) is 1.64. The van der Waals surface area contributed by atoms with Gasteiger partial charge in [-0.1, -0.05) is 52.3 Å². The maximum atomic E-state index is 13.0. The van der Waals surface area contributed by atoms with Crippen LogP contribution in [-0.2, 0) is 17.6 Å². The van der Waals surface area contributed by atoms with Crippen molar-refractivity contribution >= 4 is 22.0 Å². The zero-order chi connectivity index (χ0) is 22.8. The van der Waals surface area contributed by atoms with Gasteiger partial charge in [0.05, 0.1) is 13.2 Å². The molecule has 5 rings (SSSR count). The van der Waals surface area contributed by atoms with Gasteiger partial charge in [0.2, 0.25) is 0 Å². The molecule has 2 aliphatic rings. The predicted molar refractivity (Wildman–Crippen MR) is 130 cm³/mol. The molecule has 6 heteroatoms. The second-order valence-electron chi connectivity index (χ2n) is 8.50. The third kappa shape index (κ3) is 4.71. The molecule has 3 atom stereocenters. The minimum absolute atomic E-state index is 0.0383. The van der Waals surface area contributed by atoms with E-state index < -0.39 is 18.3 Å². The number of aryl methyl sites for hydroxylation is 1. The van der Waals surface area contributed by atoms with E-state index >= 15 is 0 Å². The second kappa shape index (κ2) is 9.48. The van der Waals surface area contributed by atoms with Crippen molar-refractivity contribution in [1.82, 2.24) is 5.32 Å². The van der Waals surface area contributed by atoms with Crippen molar-refractivity contribution in [3.63, 3.8) is 0 Å². The highest BCUT2D eigenvalue weighted by Crippen LogP contribution is 2.39. The number of amides is 1. The molecule has 0 aromatic heterocycles. The number of ether oxygens (including phenoxy) is 3. The number of carbonyl (C=O) groups is 1. The zero-order valence-electron chi connectivity index (χ0n) is 18.4. The first-order valence-corrected chi connectivity index (χ1v) is 12.0. The van der Waals surface area contributed by atoms with Crippen LogP contribution in [0.25, 0.3) is 0 Å². The fraction of sp³-hybridized carbons (Fsp3) is 0.296. The lowest BCUT2D eigenvalue weighted by Crippen LogP contribution is -2.39. The van der Waals surface area contributed by atoms with E-state index in [0.717, 1.165) is 46.4 Å². The second-order valence-corrected chi connectivity index (χ2v) is 9.42. The molecule has 3 aromatic rings. The summed E-state index contributed by atoms with van der Waals surface area (Å²) in [5.74, 6) is 1.53. The predicted octanol–water partition coefficient (Wildman–Crippen LogP) is 6.31. The highest BCUT2D eigenvalue weighted by Gasteiger charge is 2.35. The minimum atomic E-state index is -0.474. The van der Waals surface area contributed by atoms with Gasteiger partial charge < -0.3 is 19.5 Å². The molecule has 0 radical (unpaired) electrons. The van der Waals surface area contributed by atoms with Gasteiger partial charge in [-0.05, 0) is 71.8 Å². The van der Waals surface area contributed by atoms with Crippen molar-refractivity contribution < 1.29 is 19.0 Å². The van der Waals surface area contributed by atoms with Crippen molar-refractivity contribution in [1.29, 1.82) is 0 Å². The van der Waals surface area contributed by atoms with Crippen molar-refractivity contribution in [2.24, 2.45) is 0 Å². The van der Waals surface area contributed by atoms with E-state index in [1.54, 1.807) is 7.11 Å². The normalized spacial score (nSPS) is 21.2. The van der Waals surface area contributed by atoms with Crippen LogP contribution in [0.4, 0.5) is 4.79 Å². The monoisotopic (exact) mass is 507 g/mol. The third-order valence-corrected chi connectivity index (χ3v) is 6.87. The van der Waals surface area contributed by atoms with Gasteiger partial charge in [0.25, 0.3) is 0 Å². The number of hydrogen-bond acceptors (Lipinski definition) is 4. The van der Waals surface area contributed by atoms with Crippen LogP contribution in [0, 0.1) is 0 Å². The summed E-state index contributed by atoms with van der Waals surface area (Å²) in [4.78, 5) is 13.0. The Labute approximate surface area is 202 Å². The van der Waals surface area contributed by atoms with Gasteiger partial charge in [-0.2, -0.15) is 0 Å². The molecule has 3 aromatic carbocycles. The average Bonchev–Trinajstić information content (AvgIpc) is 2.84. The van der Waals surface area contributed by atoms with Crippen LogP contribution in [0.15, 0.2) is 71.2 Å². The van der Waals surface area contributed by atoms with Gasteiger partial charge in [-0.25, -0.2) is 4.79 Å². The molecule has 0 saturated carbocycles. The molecule has 0 saturated heterocycles. The van der Waals surface area contributed by atoms with Crippen LogP contribution in [0.2, 0.25) is 0 Å². The summed E-state index contributed by atoms with van der Waals surface area (Å²) in [5.41, 5.74) is 4.38. The fourth-order valence-electron chi connectivity index (χ4n) is 4.78. The molecule has 170 valence electrons. The van der Waals surface area contributed by atoms with Crippen molar-refractivity contribution in [3.05, 3.63) is 93.5 Å². The summed E-state index contributed by atoms with van der Waals surface area (Å²) in [6.07, 6.45) is 2.23. The van der Waals surface area contributed by atoms with Crippen LogP contribution in [0.5, 0.6) is 11.5 Å². The Morgan fingerprint density at radius 2 is 1.94 bits per heavy atom. The Bertz CT molecular complexity index is 1160. The minimum Gasteiger partial charge on any atom is -0.497 e. The Kier molecular flexibility index (Phi) is 6.27. The first kappa shape index (κ1) is 21.8. The molecule has 1 aliphatic heterocycles. The zero-order valence-corrected chi connectivity index (χ0v) is 20.0. The van der Waals surface area contributed by atoms with Crippen LogP contribution in [0.1, 0.15) is 47.2 Å². The van der Waals surface area contributed by atoms with E-state index in [0.29, 0.717) is 6.42 Å². The highest BCUT2D eigenvalue weighted by atomic mass is 79.9. The van der Waals surface area contributed by atoms with E-state index in [1.165, 1.54) is 11.1 Å². The number of rotatable bonds is 4. The molecule has 1 amide bonds. The lowest BCUT2D eigenvalue weighted by Gasteiger charge is -2.34. The number of nitrogens with one attached hydrogen (secondary N) is 1. The van der Waals surface area contributed by atoms with Gasteiger partial charge in [0.15, 0.2) is 6.10 Å². The highest BCUT2D eigenvalue weighted by molar-refractivity contribution is 9.10. The molecule has 33 heavy (non-hydrogen) atoms. The van der Waals surface area contributed by atoms with Gasteiger partial charge in [-0.15, -0.1) is 0 Å². The molecule has 1 aliphatic carbocycles. The van der Waals surface area contributed by atoms with E-state index in [2.05, 4.69) is 33.4 Å². The average molecular weight is 508 g/mol. The smallest absolute Gasteiger partial charge is 0.408 e. The van der Waals surface area contributed by atoms with Crippen LogP contribution in [0.3, 0.4) is 0 Å². The molecule has 1 unspecified atom stereocenters. The van der Waals surface area contributed by atoms with E-state index in [4.69, 9.17) is 14.2 Å². The topological polar surface area (TPSA) is 56.8 Å². The molecule has 0 bridgehead atoms. The Morgan fingerprint density at radius 3 is 2.82 bits per heavy atom. The number of methoxy groups -OCH3 is 1. The summed E-state index contributed by atoms with van der Waals surface area (Å²) < 4.78 is 18.7. The van der Waals surface area contributed by atoms with Gasteiger partial charge in [-0.3, -0.25) is 0 Å². The quantitative estimate of drug-likeness (QED) is 0.449. The van der Waals surface area contributed by atoms with Gasteiger partial charge in [0.1, 0.15) is 17.6 Å². The first-order chi connectivity index (χ1) is 16.1. The molecule has 0 fully saturated rings. The molecule has 5 nitrogen and oxygen atoms in total. The van der Waals surface area contributed by atoms with Gasteiger partial charge in [0, 0.05) is 10.9 Å². The SMILES string of the molecule is COc1cccc([C@@H]2Oc3ccc(Br)cc3CC2OC(=O)N[C@H]2CCCc3ccccc32)c1. The third-order valence-electron chi connectivity index (χ3n) is 6.38. The standard InChI is InChI=1S/C27H26BrNO4/c1-31-21-9-4-8-18(15-21)26-25(16-19-14-20(28)12-13-24(19)32-26)33-27(30)29-23-11-5-7-17-6-2-3-10-22(17)23/h2-4,6,8-10,12-15,23,25-26H,5,7,11,16H2,1H3,(H,29,30)/t23-,25?,26-/m0/s1. The lowest BCUT2D eigenvalue weighted by molar-refractivity contribution is 0.00179.